The number of benzene rings is 3. The van der Waals surface area contributed by atoms with Crippen molar-refractivity contribution in [3.8, 4) is 5.75 Å². The number of carbonyl (C=O) groups excluding carboxylic acids is 1. The van der Waals surface area contributed by atoms with E-state index in [-0.39, 0.29) is 5.97 Å². The van der Waals surface area contributed by atoms with Gasteiger partial charge in [-0.05, 0) is 42.3 Å². The summed E-state index contributed by atoms with van der Waals surface area (Å²) >= 11 is 3.48. The Morgan fingerprint density at radius 1 is 0.966 bits per heavy atom. The number of aryl methyl sites for hydroxylation is 1. The number of nitrogens with one attached hydrogen (secondary N) is 1. The molecule has 5 nitrogen and oxygen atoms in total. The van der Waals surface area contributed by atoms with Crippen molar-refractivity contribution in [2.24, 2.45) is 0 Å². The number of nitrogens with zero attached hydrogens (tertiary/aromatic N) is 2. The Balaban J connectivity index is 1.45. The van der Waals surface area contributed by atoms with Gasteiger partial charge in [0.25, 0.3) is 0 Å². The molecule has 0 unspecified atom stereocenters. The van der Waals surface area contributed by atoms with Gasteiger partial charge >= 0.3 is 5.97 Å². The van der Waals surface area contributed by atoms with E-state index in [4.69, 9.17) is 4.74 Å². The summed E-state index contributed by atoms with van der Waals surface area (Å²) in [5.41, 5.74) is 2.73. The predicted molar refractivity (Wildman–Crippen MR) is 117 cm³/mol. The van der Waals surface area contributed by atoms with E-state index in [0.29, 0.717) is 24.4 Å². The molecular weight excluding hydrogens is 430 g/mol. The van der Waals surface area contributed by atoms with E-state index in [0.717, 1.165) is 26.6 Å². The summed E-state index contributed by atoms with van der Waals surface area (Å²) in [7, 11) is 0. The number of fused-ring (bicyclic) bond motifs is 1. The van der Waals surface area contributed by atoms with Crippen LogP contribution < -0.4 is 10.1 Å². The first kappa shape index (κ1) is 19.1. The van der Waals surface area contributed by atoms with Gasteiger partial charge < -0.3 is 10.1 Å². The average molecular weight is 448 g/mol. The maximum absolute atomic E-state index is 12.2. The lowest BCUT2D eigenvalue weighted by molar-refractivity contribution is -0.134. The summed E-state index contributed by atoms with van der Waals surface area (Å²) in [5, 5.41) is 4.18. The molecule has 4 aromatic rings. The largest absolute Gasteiger partial charge is 0.426 e. The lowest BCUT2D eigenvalue weighted by Crippen LogP contribution is -2.09. The fourth-order valence-electron chi connectivity index (χ4n) is 2.98. The molecule has 0 spiro atoms. The zero-order valence-electron chi connectivity index (χ0n) is 15.5. The van der Waals surface area contributed by atoms with Crippen molar-refractivity contribution in [3.63, 3.8) is 0 Å². The Morgan fingerprint density at radius 2 is 1.83 bits per heavy atom. The molecule has 0 saturated carbocycles. The molecule has 4 rings (SSSR count). The number of ether oxygens (including phenoxy) is 1. The van der Waals surface area contributed by atoms with Crippen LogP contribution in [0.3, 0.4) is 0 Å². The smallest absolute Gasteiger partial charge is 0.311 e. The third-order valence-electron chi connectivity index (χ3n) is 4.39. The number of carbonyl (C=O) groups is 1. The Kier molecular flexibility index (Phi) is 5.81. The molecule has 0 saturated heterocycles. The standard InChI is InChI=1S/C23H18BrN3O2/c24-17-10-11-21-20(13-17)23(26-15-25-21)27-18-7-4-8-19(14-18)29-22(28)12-9-16-5-2-1-3-6-16/h1-8,10-11,13-15H,9,12H2,(H,25,26,27). The molecule has 0 radical (unpaired) electrons. The van der Waals surface area contributed by atoms with Gasteiger partial charge in [-0.1, -0.05) is 52.3 Å². The topological polar surface area (TPSA) is 64.1 Å². The molecule has 0 aliphatic rings. The molecule has 1 N–H and O–H groups in total. The summed E-state index contributed by atoms with van der Waals surface area (Å²) in [5.74, 6) is 0.916. The first-order valence-corrected chi connectivity index (χ1v) is 9.99. The highest BCUT2D eigenvalue weighted by Gasteiger charge is 2.08. The molecule has 144 valence electrons. The lowest BCUT2D eigenvalue weighted by atomic mass is 10.1. The van der Waals surface area contributed by atoms with Crippen molar-refractivity contribution in [1.29, 1.82) is 0 Å². The molecule has 29 heavy (non-hydrogen) atoms. The van der Waals surface area contributed by atoms with E-state index in [1.54, 1.807) is 12.1 Å². The third-order valence-corrected chi connectivity index (χ3v) is 4.88. The second-order valence-electron chi connectivity index (χ2n) is 6.50. The van der Waals surface area contributed by atoms with E-state index in [1.807, 2.05) is 60.7 Å². The van der Waals surface area contributed by atoms with Crippen LogP contribution in [0.1, 0.15) is 12.0 Å². The average Bonchev–Trinajstić information content (AvgIpc) is 2.74. The first-order chi connectivity index (χ1) is 14.2. The number of aromatic nitrogens is 2. The Bertz CT molecular complexity index is 1150. The van der Waals surface area contributed by atoms with Crippen molar-refractivity contribution >= 4 is 44.3 Å². The van der Waals surface area contributed by atoms with Crippen LogP contribution in [-0.4, -0.2) is 15.9 Å². The molecule has 1 heterocycles. The Hall–Kier alpha value is -3.25. The van der Waals surface area contributed by atoms with E-state index >= 15 is 0 Å². The number of anilines is 2. The quantitative estimate of drug-likeness (QED) is 0.304. The minimum absolute atomic E-state index is 0.262. The van der Waals surface area contributed by atoms with Crippen LogP contribution in [0.2, 0.25) is 0 Å². The fraction of sp³-hybridized carbons (Fsp3) is 0.0870. The molecule has 0 aliphatic carbocycles. The molecule has 0 bridgehead atoms. The number of hydrogen-bond donors (Lipinski definition) is 1. The van der Waals surface area contributed by atoms with Crippen molar-refractivity contribution in [1.82, 2.24) is 9.97 Å². The molecule has 0 amide bonds. The molecule has 0 atom stereocenters. The molecule has 0 fully saturated rings. The lowest BCUT2D eigenvalue weighted by Gasteiger charge is -2.10. The summed E-state index contributed by atoms with van der Waals surface area (Å²) < 4.78 is 6.45. The minimum atomic E-state index is -0.262. The highest BCUT2D eigenvalue weighted by molar-refractivity contribution is 9.10. The summed E-state index contributed by atoms with van der Waals surface area (Å²) in [6.45, 7) is 0. The zero-order valence-corrected chi connectivity index (χ0v) is 17.1. The second kappa shape index (κ2) is 8.84. The van der Waals surface area contributed by atoms with Gasteiger partial charge in [0.2, 0.25) is 0 Å². The normalized spacial score (nSPS) is 10.7. The molecule has 0 aliphatic heterocycles. The minimum Gasteiger partial charge on any atom is -0.426 e. The van der Waals surface area contributed by atoms with Gasteiger partial charge in [-0.3, -0.25) is 4.79 Å². The van der Waals surface area contributed by atoms with Crippen LogP contribution in [0.4, 0.5) is 11.5 Å². The van der Waals surface area contributed by atoms with Crippen molar-refractivity contribution in [2.45, 2.75) is 12.8 Å². The van der Waals surface area contributed by atoms with Crippen LogP contribution >= 0.6 is 15.9 Å². The van der Waals surface area contributed by atoms with Gasteiger partial charge in [0.1, 0.15) is 17.9 Å². The molecular formula is C23H18BrN3O2. The van der Waals surface area contributed by atoms with Crippen LogP contribution in [0.15, 0.2) is 83.6 Å². The number of esters is 1. The van der Waals surface area contributed by atoms with Crippen molar-refractivity contribution < 1.29 is 9.53 Å². The van der Waals surface area contributed by atoms with Gasteiger partial charge in [-0.15, -0.1) is 0 Å². The van der Waals surface area contributed by atoms with Gasteiger partial charge in [-0.2, -0.15) is 0 Å². The van der Waals surface area contributed by atoms with Gasteiger partial charge in [-0.25, -0.2) is 9.97 Å². The highest BCUT2D eigenvalue weighted by atomic mass is 79.9. The van der Waals surface area contributed by atoms with E-state index in [9.17, 15) is 4.79 Å². The summed E-state index contributed by atoms with van der Waals surface area (Å²) in [6, 6.07) is 23.0. The maximum atomic E-state index is 12.2. The highest BCUT2D eigenvalue weighted by Crippen LogP contribution is 2.27. The van der Waals surface area contributed by atoms with Gasteiger partial charge in [0, 0.05) is 28.0 Å². The molecule has 1 aromatic heterocycles. The van der Waals surface area contributed by atoms with Gasteiger partial charge in [0.15, 0.2) is 0 Å². The van der Waals surface area contributed by atoms with Crippen LogP contribution in [0.25, 0.3) is 10.9 Å². The second-order valence-corrected chi connectivity index (χ2v) is 7.41. The maximum Gasteiger partial charge on any atom is 0.311 e. The van der Waals surface area contributed by atoms with Crippen molar-refractivity contribution in [2.75, 3.05) is 5.32 Å². The van der Waals surface area contributed by atoms with Crippen LogP contribution in [0, 0.1) is 0 Å². The van der Waals surface area contributed by atoms with E-state index < -0.39 is 0 Å². The van der Waals surface area contributed by atoms with Crippen LogP contribution in [-0.2, 0) is 11.2 Å². The van der Waals surface area contributed by atoms with Gasteiger partial charge in [0.05, 0.1) is 5.52 Å². The van der Waals surface area contributed by atoms with Crippen LogP contribution in [0.5, 0.6) is 5.75 Å². The fourth-order valence-corrected chi connectivity index (χ4v) is 3.34. The Morgan fingerprint density at radius 3 is 2.69 bits per heavy atom. The van der Waals surface area contributed by atoms with E-state index in [1.165, 1.54) is 6.33 Å². The van der Waals surface area contributed by atoms with Crippen molar-refractivity contribution in [3.05, 3.63) is 89.2 Å². The predicted octanol–water partition coefficient (Wildman–Crippen LogP) is 5.67. The summed E-state index contributed by atoms with van der Waals surface area (Å²) in [6.07, 6.45) is 2.50. The first-order valence-electron chi connectivity index (χ1n) is 9.19. The third kappa shape index (κ3) is 4.97. The zero-order chi connectivity index (χ0) is 20.1. The number of rotatable bonds is 6. The van der Waals surface area contributed by atoms with E-state index in [2.05, 4.69) is 31.2 Å². The molecule has 6 heteroatoms. The number of hydrogen-bond acceptors (Lipinski definition) is 5. The number of halogens is 1. The Labute approximate surface area is 176 Å². The SMILES string of the molecule is O=C(CCc1ccccc1)Oc1cccc(Nc2ncnc3ccc(Br)cc23)c1. The summed E-state index contributed by atoms with van der Waals surface area (Å²) in [4.78, 5) is 20.8. The molecule has 3 aromatic carbocycles. The monoisotopic (exact) mass is 447 g/mol.